The quantitative estimate of drug-likeness (QED) is 0.284. The van der Waals surface area contributed by atoms with Gasteiger partial charge in [0, 0.05) is 0 Å². The molecule has 4 heteroatoms. The number of halogens is 1. The van der Waals surface area contributed by atoms with Gasteiger partial charge in [-0.1, -0.05) is 22.6 Å². The van der Waals surface area contributed by atoms with E-state index in [1.54, 1.807) is 0 Å². The highest BCUT2D eigenvalue weighted by Crippen LogP contribution is 2.20. The van der Waals surface area contributed by atoms with Crippen LogP contribution < -0.4 is 0 Å². The van der Waals surface area contributed by atoms with Crippen molar-refractivity contribution < 1.29 is 14.3 Å². The fourth-order valence-electron chi connectivity index (χ4n) is 0.626. The lowest BCUT2D eigenvalue weighted by Gasteiger charge is -1.95. The van der Waals surface area contributed by atoms with E-state index in [9.17, 15) is 9.59 Å². The molecule has 3 nitrogen and oxygen atoms in total. The fraction of sp³-hybridized carbons (Fsp3) is 0.600. The minimum atomic E-state index is -0.271. The number of esters is 1. The van der Waals surface area contributed by atoms with Crippen LogP contribution in [0, 0.1) is 5.92 Å². The molecule has 0 aliphatic carbocycles. The molecule has 2 unspecified atom stereocenters. The number of hydrogen-bond acceptors (Lipinski definition) is 3. The lowest BCUT2D eigenvalue weighted by Crippen LogP contribution is -2.15. The predicted molar refractivity (Wildman–Crippen MR) is 38.3 cm³/mol. The minimum Gasteiger partial charge on any atom is -0.464 e. The molecule has 1 rings (SSSR count). The van der Waals surface area contributed by atoms with Gasteiger partial charge in [-0.05, 0) is 0 Å². The third kappa shape index (κ3) is 1.23. The molecule has 0 bridgehead atoms. The predicted octanol–water partition coefficient (Wildman–Crippen LogP) is 0.162. The maximum absolute atomic E-state index is 10.6. The maximum atomic E-state index is 10.6. The average molecular weight is 240 g/mol. The highest BCUT2D eigenvalue weighted by Gasteiger charge is 2.34. The monoisotopic (exact) mass is 240 g/mol. The molecule has 0 aromatic rings. The average Bonchev–Trinajstić information content (AvgIpc) is 2.15. The Morgan fingerprint density at radius 2 is 2.44 bits per heavy atom. The molecule has 0 amide bonds. The standard InChI is InChI=1S/C5H5IO3/c6-4-3(1-7)2-9-5(4)8/h1,3-4H,2H2. The second-order valence-corrected chi connectivity index (χ2v) is 3.17. The smallest absolute Gasteiger partial charge is 0.319 e. The van der Waals surface area contributed by atoms with E-state index in [1.165, 1.54) is 0 Å². The zero-order chi connectivity index (χ0) is 6.85. The van der Waals surface area contributed by atoms with E-state index < -0.39 is 0 Å². The molecule has 0 saturated carbocycles. The van der Waals surface area contributed by atoms with Gasteiger partial charge < -0.3 is 9.53 Å². The van der Waals surface area contributed by atoms with Crippen LogP contribution in [0.5, 0.6) is 0 Å². The molecular weight excluding hydrogens is 235 g/mol. The summed E-state index contributed by atoms with van der Waals surface area (Å²) in [5, 5.41) is 0. The van der Waals surface area contributed by atoms with Crippen LogP contribution >= 0.6 is 22.6 Å². The Labute approximate surface area is 65.9 Å². The van der Waals surface area contributed by atoms with Crippen LogP contribution in [0.25, 0.3) is 0 Å². The topological polar surface area (TPSA) is 43.4 Å². The van der Waals surface area contributed by atoms with E-state index in [2.05, 4.69) is 4.74 Å². The fourth-order valence-corrected chi connectivity index (χ4v) is 1.18. The Balaban J connectivity index is 2.61. The summed E-state index contributed by atoms with van der Waals surface area (Å²) in [6.07, 6.45) is 0.766. The molecule has 0 N–H and O–H groups in total. The highest BCUT2D eigenvalue weighted by molar-refractivity contribution is 14.1. The van der Waals surface area contributed by atoms with Crippen molar-refractivity contribution in [2.24, 2.45) is 5.92 Å². The molecular formula is C5H5IO3. The van der Waals surface area contributed by atoms with Crippen LogP contribution in [0.4, 0.5) is 0 Å². The molecule has 1 fully saturated rings. The molecule has 0 aromatic carbocycles. The van der Waals surface area contributed by atoms with Gasteiger partial charge in [-0.3, -0.25) is 4.79 Å². The van der Waals surface area contributed by atoms with Crippen LogP contribution in [0.1, 0.15) is 0 Å². The van der Waals surface area contributed by atoms with E-state index in [0.29, 0.717) is 0 Å². The number of carbonyl (C=O) groups excluding carboxylic acids is 2. The molecule has 1 heterocycles. The van der Waals surface area contributed by atoms with E-state index >= 15 is 0 Å². The van der Waals surface area contributed by atoms with E-state index in [0.717, 1.165) is 6.29 Å². The second kappa shape index (κ2) is 2.64. The molecule has 0 radical (unpaired) electrons. The number of cyclic esters (lactones) is 1. The Morgan fingerprint density at radius 3 is 2.67 bits per heavy atom. The van der Waals surface area contributed by atoms with Crippen LogP contribution in [0.15, 0.2) is 0 Å². The van der Waals surface area contributed by atoms with E-state index in [-0.39, 0.29) is 22.4 Å². The molecule has 2 atom stereocenters. The summed E-state index contributed by atoms with van der Waals surface area (Å²) in [6, 6.07) is 0. The molecule has 0 spiro atoms. The van der Waals surface area contributed by atoms with E-state index in [1.807, 2.05) is 22.6 Å². The Kier molecular flexibility index (Phi) is 2.05. The number of alkyl halides is 1. The van der Waals surface area contributed by atoms with Crippen molar-refractivity contribution in [2.75, 3.05) is 6.61 Å². The highest BCUT2D eigenvalue weighted by atomic mass is 127. The van der Waals surface area contributed by atoms with Crippen LogP contribution in [0.3, 0.4) is 0 Å². The first-order valence-corrected chi connectivity index (χ1v) is 3.76. The van der Waals surface area contributed by atoms with Gasteiger partial charge in [0.1, 0.15) is 16.8 Å². The van der Waals surface area contributed by atoms with Crippen molar-refractivity contribution in [3.63, 3.8) is 0 Å². The third-order valence-corrected chi connectivity index (χ3v) is 2.63. The summed E-state index contributed by atoms with van der Waals surface area (Å²) in [6.45, 7) is 0.260. The first-order chi connectivity index (χ1) is 4.25. The normalized spacial score (nSPS) is 34.1. The summed E-state index contributed by atoms with van der Waals surface area (Å²) in [4.78, 5) is 20.7. The zero-order valence-corrected chi connectivity index (χ0v) is 6.70. The molecule has 1 saturated heterocycles. The number of ether oxygens (including phenoxy) is 1. The van der Waals surface area contributed by atoms with Gasteiger partial charge >= 0.3 is 5.97 Å². The summed E-state index contributed by atoms with van der Waals surface area (Å²) >= 11 is 1.91. The van der Waals surface area contributed by atoms with Crippen molar-refractivity contribution in [2.45, 2.75) is 3.92 Å². The summed E-state index contributed by atoms with van der Waals surface area (Å²) in [5.74, 6) is -0.495. The SMILES string of the molecule is O=CC1COC(=O)C1I. The molecule has 9 heavy (non-hydrogen) atoms. The third-order valence-electron chi connectivity index (χ3n) is 1.19. The molecule has 1 aliphatic rings. The van der Waals surface area contributed by atoms with Crippen molar-refractivity contribution >= 4 is 34.8 Å². The summed E-state index contributed by atoms with van der Waals surface area (Å²) < 4.78 is 4.33. The van der Waals surface area contributed by atoms with Crippen molar-refractivity contribution in [1.82, 2.24) is 0 Å². The molecule has 0 aromatic heterocycles. The van der Waals surface area contributed by atoms with Gasteiger partial charge in [-0.25, -0.2) is 0 Å². The summed E-state index contributed by atoms with van der Waals surface area (Å²) in [5.41, 5.74) is 0. The van der Waals surface area contributed by atoms with Gasteiger partial charge in [0.15, 0.2) is 0 Å². The van der Waals surface area contributed by atoms with Gasteiger partial charge in [0.25, 0.3) is 0 Å². The Hall–Kier alpha value is -0.130. The lowest BCUT2D eigenvalue weighted by molar-refractivity contribution is -0.137. The largest absolute Gasteiger partial charge is 0.464 e. The first-order valence-electron chi connectivity index (χ1n) is 2.51. The maximum Gasteiger partial charge on any atom is 0.319 e. The van der Waals surface area contributed by atoms with Gasteiger partial charge in [0.2, 0.25) is 0 Å². The van der Waals surface area contributed by atoms with E-state index in [4.69, 9.17) is 0 Å². The van der Waals surface area contributed by atoms with Gasteiger partial charge in [-0.2, -0.15) is 0 Å². The van der Waals surface area contributed by atoms with Gasteiger partial charge in [0.05, 0.1) is 5.92 Å². The number of rotatable bonds is 1. The lowest BCUT2D eigenvalue weighted by atomic mass is 10.1. The first kappa shape index (κ1) is 6.98. The number of carbonyl (C=O) groups is 2. The Morgan fingerprint density at radius 1 is 1.78 bits per heavy atom. The van der Waals surface area contributed by atoms with Crippen LogP contribution in [0.2, 0.25) is 0 Å². The number of hydrogen-bond donors (Lipinski definition) is 0. The number of aldehydes is 1. The van der Waals surface area contributed by atoms with Crippen molar-refractivity contribution in [3.8, 4) is 0 Å². The van der Waals surface area contributed by atoms with Crippen LogP contribution in [-0.2, 0) is 14.3 Å². The summed E-state index contributed by atoms with van der Waals surface area (Å²) in [7, 11) is 0. The van der Waals surface area contributed by atoms with Crippen molar-refractivity contribution in [3.05, 3.63) is 0 Å². The van der Waals surface area contributed by atoms with Gasteiger partial charge in [-0.15, -0.1) is 0 Å². The minimum absolute atomic E-state index is 0.224. The zero-order valence-electron chi connectivity index (χ0n) is 4.54. The molecule has 50 valence electrons. The second-order valence-electron chi connectivity index (χ2n) is 1.83. The Bertz CT molecular complexity index is 145. The van der Waals surface area contributed by atoms with Crippen molar-refractivity contribution in [1.29, 1.82) is 0 Å². The molecule has 1 aliphatic heterocycles. The van der Waals surface area contributed by atoms with Crippen LogP contribution in [-0.4, -0.2) is 22.8 Å².